The Kier molecular flexibility index (Phi) is 4.59. The molecule has 0 unspecified atom stereocenters. The predicted molar refractivity (Wildman–Crippen MR) is 79.0 cm³/mol. The fraction of sp³-hybridized carbons (Fsp3) is 0.562. The summed E-state index contributed by atoms with van der Waals surface area (Å²) in [5.74, 6) is 1.09. The molecule has 1 aromatic carbocycles. The first-order valence-electron chi connectivity index (χ1n) is 7.22. The van der Waals surface area contributed by atoms with Crippen LogP contribution in [0.25, 0.3) is 0 Å². The zero-order valence-electron chi connectivity index (χ0n) is 11.9. The van der Waals surface area contributed by atoms with Crippen molar-refractivity contribution in [3.63, 3.8) is 0 Å². The first-order valence-corrected chi connectivity index (χ1v) is 7.22. The van der Waals surface area contributed by atoms with E-state index in [-0.39, 0.29) is 11.8 Å². The number of hydrogen-bond acceptors (Lipinski definition) is 2. The van der Waals surface area contributed by atoms with Crippen molar-refractivity contribution in [1.82, 2.24) is 0 Å². The Morgan fingerprint density at radius 3 is 2.58 bits per heavy atom. The number of carbonyl (C=O) groups excluding carboxylic acids is 1. The molecule has 0 saturated heterocycles. The lowest BCUT2D eigenvalue weighted by Gasteiger charge is -2.17. The molecule has 0 aromatic heterocycles. The third-order valence-electron chi connectivity index (χ3n) is 4.14. The number of nitrogens with one attached hydrogen (secondary N) is 1. The molecule has 3 nitrogen and oxygen atoms in total. The standard InChI is InChI=1S/C16H24N2O/c1-11(2)12-6-8-14(9-7-12)18-16(19)15-5-3-4-13(15)10-17/h6-9,11,13,15H,3-5,10,17H2,1-2H3,(H,18,19)/t13-,15-/m1/s1. The molecule has 104 valence electrons. The topological polar surface area (TPSA) is 55.1 Å². The Balaban J connectivity index is 1.98. The molecule has 1 fully saturated rings. The second kappa shape index (κ2) is 6.20. The second-order valence-corrected chi connectivity index (χ2v) is 5.80. The van der Waals surface area contributed by atoms with Gasteiger partial charge < -0.3 is 11.1 Å². The lowest BCUT2D eigenvalue weighted by Crippen LogP contribution is -2.29. The monoisotopic (exact) mass is 260 g/mol. The van der Waals surface area contributed by atoms with E-state index in [2.05, 4.69) is 31.3 Å². The van der Waals surface area contributed by atoms with Gasteiger partial charge in [0.15, 0.2) is 0 Å². The highest BCUT2D eigenvalue weighted by Crippen LogP contribution is 2.31. The highest BCUT2D eigenvalue weighted by atomic mass is 16.1. The summed E-state index contributed by atoms with van der Waals surface area (Å²) in [4.78, 5) is 12.2. The largest absolute Gasteiger partial charge is 0.330 e. The molecule has 0 spiro atoms. The minimum atomic E-state index is 0.0924. The molecule has 2 rings (SSSR count). The molecule has 3 N–H and O–H groups in total. The van der Waals surface area contributed by atoms with Crippen LogP contribution in [-0.2, 0) is 4.79 Å². The van der Waals surface area contributed by atoms with Gasteiger partial charge in [0.1, 0.15) is 0 Å². The van der Waals surface area contributed by atoms with Gasteiger partial charge in [0, 0.05) is 11.6 Å². The van der Waals surface area contributed by atoms with Gasteiger partial charge in [0.25, 0.3) is 0 Å². The molecule has 0 radical (unpaired) electrons. The number of benzene rings is 1. The van der Waals surface area contributed by atoms with Crippen molar-refractivity contribution in [1.29, 1.82) is 0 Å². The van der Waals surface area contributed by atoms with Crippen LogP contribution in [0, 0.1) is 11.8 Å². The molecule has 19 heavy (non-hydrogen) atoms. The first-order chi connectivity index (χ1) is 9.11. The van der Waals surface area contributed by atoms with Crippen LogP contribution in [0.1, 0.15) is 44.6 Å². The molecule has 0 bridgehead atoms. The average Bonchev–Trinajstić information content (AvgIpc) is 2.87. The Morgan fingerprint density at radius 2 is 2.00 bits per heavy atom. The van der Waals surface area contributed by atoms with Gasteiger partial charge >= 0.3 is 0 Å². The normalized spacial score (nSPS) is 22.7. The van der Waals surface area contributed by atoms with Crippen molar-refractivity contribution in [2.75, 3.05) is 11.9 Å². The zero-order valence-corrected chi connectivity index (χ0v) is 11.9. The molecule has 1 aliphatic carbocycles. The Labute approximate surface area is 115 Å². The highest BCUT2D eigenvalue weighted by Gasteiger charge is 2.31. The summed E-state index contributed by atoms with van der Waals surface area (Å²) in [6.07, 6.45) is 3.17. The first kappa shape index (κ1) is 14.1. The number of hydrogen-bond donors (Lipinski definition) is 2. The lowest BCUT2D eigenvalue weighted by atomic mass is 9.95. The van der Waals surface area contributed by atoms with Crippen LogP contribution in [0.4, 0.5) is 5.69 Å². The molecular formula is C16H24N2O. The van der Waals surface area contributed by atoms with E-state index in [0.717, 1.165) is 24.9 Å². The Morgan fingerprint density at radius 1 is 1.32 bits per heavy atom. The van der Waals surface area contributed by atoms with E-state index in [1.165, 1.54) is 5.56 Å². The number of amides is 1. The van der Waals surface area contributed by atoms with E-state index >= 15 is 0 Å². The maximum atomic E-state index is 12.2. The van der Waals surface area contributed by atoms with E-state index in [0.29, 0.717) is 18.4 Å². The minimum absolute atomic E-state index is 0.0924. The van der Waals surface area contributed by atoms with Gasteiger partial charge in [-0.3, -0.25) is 4.79 Å². The minimum Gasteiger partial charge on any atom is -0.330 e. The molecule has 1 aromatic rings. The van der Waals surface area contributed by atoms with Crippen molar-refractivity contribution < 1.29 is 4.79 Å². The van der Waals surface area contributed by atoms with Crippen molar-refractivity contribution >= 4 is 11.6 Å². The van der Waals surface area contributed by atoms with Gasteiger partial charge in [-0.1, -0.05) is 32.4 Å². The van der Waals surface area contributed by atoms with Crippen LogP contribution in [0.15, 0.2) is 24.3 Å². The average molecular weight is 260 g/mol. The molecule has 3 heteroatoms. The summed E-state index contributed by atoms with van der Waals surface area (Å²) >= 11 is 0. The van der Waals surface area contributed by atoms with Crippen molar-refractivity contribution in [3.05, 3.63) is 29.8 Å². The summed E-state index contributed by atoms with van der Waals surface area (Å²) in [5, 5.41) is 3.02. The van der Waals surface area contributed by atoms with E-state index in [1.807, 2.05) is 12.1 Å². The van der Waals surface area contributed by atoms with Gasteiger partial charge in [-0.25, -0.2) is 0 Å². The number of rotatable bonds is 4. The van der Waals surface area contributed by atoms with Crippen LogP contribution in [-0.4, -0.2) is 12.5 Å². The van der Waals surface area contributed by atoms with Crippen molar-refractivity contribution in [3.8, 4) is 0 Å². The highest BCUT2D eigenvalue weighted by molar-refractivity contribution is 5.92. The van der Waals surface area contributed by atoms with Gasteiger partial charge in [-0.15, -0.1) is 0 Å². The number of carbonyl (C=O) groups is 1. The number of anilines is 1. The maximum Gasteiger partial charge on any atom is 0.227 e. The van der Waals surface area contributed by atoms with E-state index in [4.69, 9.17) is 5.73 Å². The summed E-state index contributed by atoms with van der Waals surface area (Å²) in [6, 6.07) is 8.13. The summed E-state index contributed by atoms with van der Waals surface area (Å²) < 4.78 is 0. The molecular weight excluding hydrogens is 236 g/mol. The van der Waals surface area contributed by atoms with Crippen LogP contribution in [0.3, 0.4) is 0 Å². The van der Waals surface area contributed by atoms with Crippen LogP contribution < -0.4 is 11.1 Å². The van der Waals surface area contributed by atoms with Crippen molar-refractivity contribution in [2.45, 2.75) is 39.0 Å². The molecule has 1 amide bonds. The van der Waals surface area contributed by atoms with Crippen LogP contribution >= 0.6 is 0 Å². The lowest BCUT2D eigenvalue weighted by molar-refractivity contribution is -0.120. The van der Waals surface area contributed by atoms with E-state index < -0.39 is 0 Å². The van der Waals surface area contributed by atoms with Gasteiger partial charge in [0.2, 0.25) is 5.91 Å². The Hall–Kier alpha value is -1.35. The summed E-state index contributed by atoms with van der Waals surface area (Å²) in [7, 11) is 0. The van der Waals surface area contributed by atoms with Crippen LogP contribution in [0.2, 0.25) is 0 Å². The molecule has 0 aliphatic heterocycles. The van der Waals surface area contributed by atoms with Crippen LogP contribution in [0.5, 0.6) is 0 Å². The maximum absolute atomic E-state index is 12.2. The number of nitrogens with two attached hydrogens (primary N) is 1. The predicted octanol–water partition coefficient (Wildman–Crippen LogP) is 3.12. The molecule has 1 saturated carbocycles. The third kappa shape index (κ3) is 3.35. The van der Waals surface area contributed by atoms with E-state index in [1.54, 1.807) is 0 Å². The molecule has 0 heterocycles. The summed E-state index contributed by atoms with van der Waals surface area (Å²) in [6.45, 7) is 4.94. The van der Waals surface area contributed by atoms with E-state index in [9.17, 15) is 4.79 Å². The van der Waals surface area contributed by atoms with Gasteiger partial charge in [-0.05, 0) is 48.9 Å². The third-order valence-corrected chi connectivity index (χ3v) is 4.14. The van der Waals surface area contributed by atoms with Gasteiger partial charge in [-0.2, -0.15) is 0 Å². The Bertz CT molecular complexity index is 425. The molecule has 1 aliphatic rings. The quantitative estimate of drug-likeness (QED) is 0.874. The smallest absolute Gasteiger partial charge is 0.227 e. The summed E-state index contributed by atoms with van der Waals surface area (Å²) in [5.41, 5.74) is 7.91. The fourth-order valence-electron chi connectivity index (χ4n) is 2.85. The second-order valence-electron chi connectivity index (χ2n) is 5.80. The van der Waals surface area contributed by atoms with Crippen molar-refractivity contribution in [2.24, 2.45) is 17.6 Å². The van der Waals surface area contributed by atoms with Gasteiger partial charge in [0.05, 0.1) is 0 Å². The SMILES string of the molecule is CC(C)c1ccc(NC(=O)[C@@H]2CCC[C@@H]2CN)cc1. The fourth-order valence-corrected chi connectivity index (χ4v) is 2.85. The molecule has 2 atom stereocenters. The zero-order chi connectivity index (χ0) is 13.8.